The second-order valence-electron chi connectivity index (χ2n) is 7.14. The van der Waals surface area contributed by atoms with Crippen molar-refractivity contribution in [2.45, 2.75) is 37.4 Å². The molecule has 3 heterocycles. The molecule has 168 valence electrons. The fraction of sp³-hybridized carbons (Fsp3) is 0.316. The van der Waals surface area contributed by atoms with Crippen LogP contribution in [-0.4, -0.2) is 36.9 Å². The van der Waals surface area contributed by atoms with Crippen LogP contribution in [0.5, 0.6) is 0 Å². The lowest BCUT2D eigenvalue weighted by molar-refractivity contribution is -0.141. The largest absolute Gasteiger partial charge is 0.433 e. The molecule has 7 nitrogen and oxygen atoms in total. The quantitative estimate of drug-likeness (QED) is 0.383. The van der Waals surface area contributed by atoms with Crippen molar-refractivity contribution in [3.05, 3.63) is 47.4 Å². The van der Waals surface area contributed by atoms with Crippen LogP contribution in [0, 0.1) is 0 Å². The normalized spacial score (nSPS) is 17.9. The molecule has 2 N–H and O–H groups in total. The lowest BCUT2D eigenvalue weighted by atomic mass is 10.2. The average molecular weight is 472 g/mol. The van der Waals surface area contributed by atoms with E-state index in [9.17, 15) is 22.0 Å². The molecule has 4 rings (SSSR count). The maximum absolute atomic E-state index is 13.6. The third-order valence-corrected chi connectivity index (χ3v) is 4.83. The molecular formula is C19H15ClF5N7. The van der Waals surface area contributed by atoms with E-state index in [1.165, 1.54) is 6.07 Å². The van der Waals surface area contributed by atoms with Crippen molar-refractivity contribution >= 4 is 29.2 Å². The van der Waals surface area contributed by atoms with E-state index < -0.39 is 23.8 Å². The van der Waals surface area contributed by atoms with Gasteiger partial charge in [-0.15, -0.1) is 0 Å². The number of anilines is 3. The molecule has 0 bridgehead atoms. The van der Waals surface area contributed by atoms with Crippen molar-refractivity contribution in [1.82, 2.24) is 24.9 Å². The van der Waals surface area contributed by atoms with Gasteiger partial charge in [0.25, 0.3) is 0 Å². The number of pyridine rings is 2. The number of hydrogen-bond acceptors (Lipinski definition) is 7. The summed E-state index contributed by atoms with van der Waals surface area (Å²) in [6.45, 7) is 0. The molecule has 13 heteroatoms. The Bertz CT molecular complexity index is 1130. The Morgan fingerprint density at radius 2 is 1.81 bits per heavy atom. The molecule has 1 atom stereocenters. The van der Waals surface area contributed by atoms with E-state index in [0.717, 1.165) is 12.3 Å². The van der Waals surface area contributed by atoms with Crippen molar-refractivity contribution in [1.29, 1.82) is 0 Å². The minimum Gasteiger partial charge on any atom is -0.351 e. The molecule has 1 aliphatic carbocycles. The first-order valence-corrected chi connectivity index (χ1v) is 9.79. The molecule has 3 aromatic rings. The van der Waals surface area contributed by atoms with Gasteiger partial charge in [-0.25, -0.2) is 13.8 Å². The lowest BCUT2D eigenvalue weighted by Crippen LogP contribution is -2.21. The standard InChI is InChI=1S/C19H15ClF5N7/c20-14-3-1-2-12(29-14)15-30-16(27-10-5-7-26-13(8-10)19(23,24)25)32-17(31-15)28-11-4-6-18(21,22)9-11/h1-3,5,7-8,11H,4,6,9H2,(H2,26,27,28,30,31,32). The summed E-state index contributed by atoms with van der Waals surface area (Å²) in [7, 11) is 0. The zero-order valence-corrected chi connectivity index (χ0v) is 16.9. The Balaban J connectivity index is 1.67. The van der Waals surface area contributed by atoms with Crippen LogP contribution in [0.4, 0.5) is 39.5 Å². The van der Waals surface area contributed by atoms with Crippen molar-refractivity contribution in [3.63, 3.8) is 0 Å². The third kappa shape index (κ3) is 5.36. The molecule has 1 saturated carbocycles. The maximum Gasteiger partial charge on any atom is 0.433 e. The van der Waals surface area contributed by atoms with E-state index in [1.54, 1.807) is 18.2 Å². The molecule has 3 aromatic heterocycles. The van der Waals surface area contributed by atoms with Gasteiger partial charge in [0.05, 0.1) is 0 Å². The summed E-state index contributed by atoms with van der Waals surface area (Å²) in [5, 5.41) is 5.69. The highest BCUT2D eigenvalue weighted by molar-refractivity contribution is 6.29. The fourth-order valence-electron chi connectivity index (χ4n) is 3.19. The van der Waals surface area contributed by atoms with Crippen LogP contribution in [0.25, 0.3) is 11.5 Å². The van der Waals surface area contributed by atoms with Crippen molar-refractivity contribution in [3.8, 4) is 11.5 Å². The second-order valence-corrected chi connectivity index (χ2v) is 7.53. The van der Waals surface area contributed by atoms with Gasteiger partial charge in [0.15, 0.2) is 5.82 Å². The van der Waals surface area contributed by atoms with E-state index in [-0.39, 0.29) is 53.5 Å². The summed E-state index contributed by atoms with van der Waals surface area (Å²) < 4.78 is 66.0. The first-order valence-electron chi connectivity index (χ1n) is 9.41. The monoisotopic (exact) mass is 471 g/mol. The third-order valence-electron chi connectivity index (χ3n) is 4.62. The Labute approximate surface area is 183 Å². The SMILES string of the molecule is FC1(F)CCC(Nc2nc(Nc3ccnc(C(F)(F)F)c3)nc(-c3cccc(Cl)n3)n2)C1. The summed E-state index contributed by atoms with van der Waals surface area (Å²) in [6.07, 6.45) is -4.07. The van der Waals surface area contributed by atoms with Crippen LogP contribution in [0.2, 0.25) is 5.15 Å². The number of hydrogen-bond donors (Lipinski definition) is 2. The molecule has 1 aliphatic rings. The second kappa shape index (κ2) is 8.41. The van der Waals surface area contributed by atoms with Crippen molar-refractivity contribution in [2.24, 2.45) is 0 Å². The highest BCUT2D eigenvalue weighted by atomic mass is 35.5. The minimum atomic E-state index is -4.63. The van der Waals surface area contributed by atoms with Gasteiger partial charge in [0, 0.05) is 30.8 Å². The number of nitrogens with zero attached hydrogens (tertiary/aromatic N) is 5. The Morgan fingerprint density at radius 3 is 2.50 bits per heavy atom. The van der Waals surface area contributed by atoms with E-state index in [4.69, 9.17) is 11.6 Å². The molecule has 0 radical (unpaired) electrons. The van der Waals surface area contributed by atoms with E-state index in [2.05, 4.69) is 35.6 Å². The van der Waals surface area contributed by atoms with Crippen LogP contribution in [0.3, 0.4) is 0 Å². The lowest BCUT2D eigenvalue weighted by Gasteiger charge is -2.15. The van der Waals surface area contributed by atoms with Crippen molar-refractivity contribution < 1.29 is 22.0 Å². The highest BCUT2D eigenvalue weighted by Gasteiger charge is 2.39. The highest BCUT2D eigenvalue weighted by Crippen LogP contribution is 2.36. The van der Waals surface area contributed by atoms with Crippen LogP contribution in [0.1, 0.15) is 25.0 Å². The Hall–Kier alpha value is -3.15. The molecule has 0 aliphatic heterocycles. The number of alkyl halides is 5. The van der Waals surface area contributed by atoms with Crippen molar-refractivity contribution in [2.75, 3.05) is 10.6 Å². The molecule has 0 amide bonds. The predicted octanol–water partition coefficient (Wildman–Crippen LogP) is 5.34. The predicted molar refractivity (Wildman–Crippen MR) is 107 cm³/mol. The van der Waals surface area contributed by atoms with Gasteiger partial charge >= 0.3 is 6.18 Å². The Kier molecular flexibility index (Phi) is 5.80. The molecule has 0 saturated heterocycles. The number of halogens is 6. The zero-order chi connectivity index (χ0) is 22.9. The van der Waals surface area contributed by atoms with Gasteiger partial charge in [-0.05, 0) is 30.7 Å². The van der Waals surface area contributed by atoms with Crippen LogP contribution in [-0.2, 0) is 6.18 Å². The molecule has 0 aromatic carbocycles. The van der Waals surface area contributed by atoms with Crippen LogP contribution >= 0.6 is 11.6 Å². The average Bonchev–Trinajstić information content (AvgIpc) is 3.05. The van der Waals surface area contributed by atoms with Crippen LogP contribution in [0.15, 0.2) is 36.5 Å². The molecule has 1 fully saturated rings. The topological polar surface area (TPSA) is 88.5 Å². The first kappa shape index (κ1) is 22.1. The molecule has 32 heavy (non-hydrogen) atoms. The van der Waals surface area contributed by atoms with E-state index in [1.807, 2.05) is 0 Å². The van der Waals surface area contributed by atoms with E-state index in [0.29, 0.717) is 0 Å². The Morgan fingerprint density at radius 1 is 1.03 bits per heavy atom. The number of aromatic nitrogens is 5. The molecule has 1 unspecified atom stereocenters. The summed E-state index contributed by atoms with van der Waals surface area (Å²) in [5.41, 5.74) is -0.796. The van der Waals surface area contributed by atoms with E-state index >= 15 is 0 Å². The summed E-state index contributed by atoms with van der Waals surface area (Å²) in [6, 6.07) is 6.27. The van der Waals surface area contributed by atoms with Gasteiger partial charge in [0.2, 0.25) is 17.8 Å². The smallest absolute Gasteiger partial charge is 0.351 e. The van der Waals surface area contributed by atoms with Gasteiger partial charge in [0.1, 0.15) is 16.5 Å². The molecular weight excluding hydrogens is 457 g/mol. The molecule has 0 spiro atoms. The fourth-order valence-corrected chi connectivity index (χ4v) is 3.36. The zero-order valence-electron chi connectivity index (χ0n) is 16.2. The maximum atomic E-state index is 13.6. The van der Waals surface area contributed by atoms with Gasteiger partial charge in [-0.2, -0.15) is 28.1 Å². The first-order chi connectivity index (χ1) is 15.1. The summed E-state index contributed by atoms with van der Waals surface area (Å²) in [4.78, 5) is 20.0. The van der Waals surface area contributed by atoms with Crippen LogP contribution < -0.4 is 10.6 Å². The number of rotatable bonds is 5. The van der Waals surface area contributed by atoms with Gasteiger partial charge < -0.3 is 10.6 Å². The van der Waals surface area contributed by atoms with Gasteiger partial charge in [-0.3, -0.25) is 4.98 Å². The minimum absolute atomic E-state index is 0.0212. The summed E-state index contributed by atoms with van der Waals surface area (Å²) in [5.74, 6) is -2.86. The van der Waals surface area contributed by atoms with Gasteiger partial charge in [-0.1, -0.05) is 17.7 Å². The number of nitrogens with one attached hydrogen (secondary N) is 2. The summed E-state index contributed by atoms with van der Waals surface area (Å²) >= 11 is 5.92.